The summed E-state index contributed by atoms with van der Waals surface area (Å²) in [6, 6.07) is 6.51. The summed E-state index contributed by atoms with van der Waals surface area (Å²) in [5, 5.41) is 5.29. The van der Waals surface area contributed by atoms with E-state index in [0.29, 0.717) is 13.2 Å². The smallest absolute Gasteiger partial charge is 0.130 e. The zero-order chi connectivity index (χ0) is 22.7. The van der Waals surface area contributed by atoms with E-state index in [1.54, 1.807) is 0 Å². The van der Waals surface area contributed by atoms with E-state index in [2.05, 4.69) is 55.3 Å². The molecule has 1 N–H and O–H groups in total. The molecule has 32 heavy (non-hydrogen) atoms. The largest absolute Gasteiger partial charge is 0.386 e. The van der Waals surface area contributed by atoms with Crippen molar-refractivity contribution in [3.63, 3.8) is 0 Å². The lowest BCUT2D eigenvalue weighted by molar-refractivity contribution is 0.0986. The number of hydrogen-bond acceptors (Lipinski definition) is 6. The van der Waals surface area contributed by atoms with Crippen LogP contribution in [-0.2, 0) is 4.74 Å². The molecular formula is C25H28N5OP. The minimum absolute atomic E-state index is 0.234. The highest BCUT2D eigenvalue weighted by Crippen LogP contribution is 2.35. The Morgan fingerprint density at radius 1 is 1.34 bits per heavy atom. The van der Waals surface area contributed by atoms with Gasteiger partial charge in [0, 0.05) is 48.7 Å². The second-order valence-corrected chi connectivity index (χ2v) is 8.39. The molecule has 0 aliphatic carbocycles. The highest BCUT2D eigenvalue weighted by Gasteiger charge is 2.24. The number of anilines is 1. The van der Waals surface area contributed by atoms with Gasteiger partial charge in [-0.3, -0.25) is 9.97 Å². The quantitative estimate of drug-likeness (QED) is 0.491. The van der Waals surface area contributed by atoms with Crippen molar-refractivity contribution in [2.45, 2.75) is 26.8 Å². The van der Waals surface area contributed by atoms with Crippen LogP contribution in [0.15, 0.2) is 36.7 Å². The van der Waals surface area contributed by atoms with Gasteiger partial charge in [0.15, 0.2) is 0 Å². The zero-order valence-corrected chi connectivity index (χ0v) is 20.1. The molecule has 1 aliphatic heterocycles. The first-order valence-corrected chi connectivity index (χ1v) is 11.3. The molecule has 164 valence electrons. The van der Waals surface area contributed by atoms with Crippen molar-refractivity contribution in [1.82, 2.24) is 20.3 Å². The number of hydrogen-bond donors (Lipinski definition) is 1. The van der Waals surface area contributed by atoms with Crippen LogP contribution in [0.25, 0.3) is 27.7 Å². The van der Waals surface area contributed by atoms with Crippen molar-refractivity contribution >= 4 is 37.0 Å². The zero-order valence-electron chi connectivity index (χ0n) is 18.9. The Balaban J connectivity index is 2.07. The van der Waals surface area contributed by atoms with Crippen LogP contribution in [0, 0.1) is 18.8 Å². The van der Waals surface area contributed by atoms with E-state index in [0.717, 1.165) is 56.8 Å². The fourth-order valence-corrected chi connectivity index (χ4v) is 4.42. The maximum absolute atomic E-state index is 5.67. The van der Waals surface area contributed by atoms with E-state index < -0.39 is 0 Å². The number of rotatable bonds is 4. The van der Waals surface area contributed by atoms with E-state index in [1.807, 2.05) is 45.4 Å². The van der Waals surface area contributed by atoms with Crippen LogP contribution in [0.5, 0.6) is 0 Å². The summed E-state index contributed by atoms with van der Waals surface area (Å²) < 4.78 is 5.67. The Hall–Kier alpha value is -3.00. The molecule has 0 bridgehead atoms. The second-order valence-electron chi connectivity index (χ2n) is 7.77. The number of nitrogens with one attached hydrogen (secondary N) is 1. The third-order valence-electron chi connectivity index (χ3n) is 5.70. The molecule has 7 heteroatoms. The fraction of sp³-hybridized carbons (Fsp3) is 0.320. The van der Waals surface area contributed by atoms with Crippen molar-refractivity contribution in [2.24, 2.45) is 0 Å². The molecule has 4 rings (SSSR count). The summed E-state index contributed by atoms with van der Waals surface area (Å²) in [5.41, 5.74) is 5.62. The lowest BCUT2D eigenvalue weighted by Gasteiger charge is -2.35. The average Bonchev–Trinajstić information content (AvgIpc) is 2.80. The summed E-state index contributed by atoms with van der Waals surface area (Å²) in [4.78, 5) is 16.8. The number of aryl methyl sites for hydroxylation is 1. The Labute approximate surface area is 191 Å². The van der Waals surface area contributed by atoms with Crippen LogP contribution in [0.3, 0.4) is 0 Å². The van der Waals surface area contributed by atoms with Gasteiger partial charge in [-0.2, -0.15) is 0 Å². The Morgan fingerprint density at radius 2 is 2.19 bits per heavy atom. The average molecular weight is 446 g/mol. The van der Waals surface area contributed by atoms with Crippen molar-refractivity contribution in [2.75, 3.05) is 31.7 Å². The van der Waals surface area contributed by atoms with Gasteiger partial charge in [-0.1, -0.05) is 12.0 Å². The van der Waals surface area contributed by atoms with Crippen molar-refractivity contribution in [1.29, 1.82) is 0 Å². The summed E-state index contributed by atoms with van der Waals surface area (Å²) in [5.74, 6) is 6.88. The standard InChI is InChI=1S/C25H28N5OP/c1-5-6-9-20(26-4)24-25-23(21(32)14-28-24)19(18-8-7-10-27-17(18)3)13-22(29-25)30-11-12-31-15-16(30)2/h7-10,13-14,16,26H,11-12,15,32H2,1-4H3/b20-9-. The molecule has 3 aromatic heterocycles. The Kier molecular flexibility index (Phi) is 6.69. The molecule has 0 radical (unpaired) electrons. The molecule has 0 spiro atoms. The van der Waals surface area contributed by atoms with Crippen molar-refractivity contribution in [3.05, 3.63) is 48.1 Å². The maximum Gasteiger partial charge on any atom is 0.130 e. The lowest BCUT2D eigenvalue weighted by Crippen LogP contribution is -2.44. The van der Waals surface area contributed by atoms with Crippen LogP contribution in [-0.4, -0.2) is 47.8 Å². The van der Waals surface area contributed by atoms with Gasteiger partial charge in [0.2, 0.25) is 0 Å². The minimum atomic E-state index is 0.234. The van der Waals surface area contributed by atoms with Gasteiger partial charge in [-0.05, 0) is 43.8 Å². The first kappa shape index (κ1) is 22.2. The highest BCUT2D eigenvalue weighted by atomic mass is 31.0. The Morgan fingerprint density at radius 3 is 2.91 bits per heavy atom. The van der Waals surface area contributed by atoms with Gasteiger partial charge < -0.3 is 15.0 Å². The molecule has 1 saturated heterocycles. The van der Waals surface area contributed by atoms with Gasteiger partial charge in [-0.15, -0.1) is 15.2 Å². The van der Waals surface area contributed by atoms with Crippen LogP contribution in [0.4, 0.5) is 5.82 Å². The van der Waals surface area contributed by atoms with Crippen LogP contribution < -0.4 is 15.5 Å². The lowest BCUT2D eigenvalue weighted by atomic mass is 9.98. The van der Waals surface area contributed by atoms with Crippen LogP contribution >= 0.6 is 9.24 Å². The predicted octanol–water partition coefficient (Wildman–Crippen LogP) is 3.31. The van der Waals surface area contributed by atoms with E-state index in [9.17, 15) is 0 Å². The van der Waals surface area contributed by atoms with E-state index in [-0.39, 0.29) is 6.04 Å². The van der Waals surface area contributed by atoms with Crippen LogP contribution in [0.1, 0.15) is 25.2 Å². The third-order valence-corrected chi connectivity index (χ3v) is 6.13. The molecule has 1 aliphatic rings. The number of nitrogens with zero attached hydrogens (tertiary/aromatic N) is 4. The second kappa shape index (κ2) is 9.65. The first-order valence-electron chi connectivity index (χ1n) is 10.7. The number of allylic oxidation sites excluding steroid dienone is 1. The number of fused-ring (bicyclic) bond motifs is 1. The van der Waals surface area contributed by atoms with Gasteiger partial charge in [0.25, 0.3) is 0 Å². The molecule has 1 fully saturated rings. The molecule has 0 aromatic carbocycles. The van der Waals surface area contributed by atoms with E-state index >= 15 is 0 Å². The molecular weight excluding hydrogens is 417 g/mol. The third kappa shape index (κ3) is 4.19. The van der Waals surface area contributed by atoms with Gasteiger partial charge in [0.05, 0.1) is 25.0 Å². The Bertz CT molecular complexity index is 1240. The molecule has 3 aromatic rings. The van der Waals surface area contributed by atoms with Crippen molar-refractivity contribution in [3.8, 4) is 23.0 Å². The highest BCUT2D eigenvalue weighted by molar-refractivity contribution is 7.28. The molecule has 0 saturated carbocycles. The summed E-state index contributed by atoms with van der Waals surface area (Å²) in [6.07, 6.45) is 5.55. The number of morpholine rings is 1. The van der Waals surface area contributed by atoms with Crippen LogP contribution in [0.2, 0.25) is 0 Å². The molecule has 4 heterocycles. The monoisotopic (exact) mass is 445 g/mol. The number of ether oxygens (including phenoxy) is 1. The van der Waals surface area contributed by atoms with Gasteiger partial charge in [-0.25, -0.2) is 4.98 Å². The number of pyridine rings is 3. The normalized spacial score (nSPS) is 16.6. The predicted molar refractivity (Wildman–Crippen MR) is 135 cm³/mol. The van der Waals surface area contributed by atoms with Gasteiger partial charge in [0.1, 0.15) is 17.0 Å². The van der Waals surface area contributed by atoms with Gasteiger partial charge >= 0.3 is 0 Å². The molecule has 2 unspecified atom stereocenters. The summed E-state index contributed by atoms with van der Waals surface area (Å²) in [6.45, 7) is 8.20. The van der Waals surface area contributed by atoms with E-state index in [1.165, 1.54) is 0 Å². The summed E-state index contributed by atoms with van der Waals surface area (Å²) in [7, 11) is 4.70. The molecule has 6 nitrogen and oxygen atoms in total. The minimum Gasteiger partial charge on any atom is -0.386 e. The fourth-order valence-electron chi connectivity index (χ4n) is 4.05. The summed E-state index contributed by atoms with van der Waals surface area (Å²) >= 11 is 0. The topological polar surface area (TPSA) is 63.2 Å². The van der Waals surface area contributed by atoms with E-state index in [4.69, 9.17) is 14.7 Å². The molecule has 2 atom stereocenters. The van der Waals surface area contributed by atoms with Crippen molar-refractivity contribution < 1.29 is 4.74 Å². The molecule has 0 amide bonds. The first-order chi connectivity index (χ1) is 15.5. The maximum atomic E-state index is 5.67. The number of aromatic nitrogens is 3. The SMILES string of the molecule is CC#C/C=C(\NC)c1ncc(P)c2c(-c3cccnc3C)cc(N3CCOCC3C)nc12.